The Morgan fingerprint density at radius 3 is 2.45 bits per heavy atom. The fourth-order valence-electron chi connectivity index (χ4n) is 2.82. The highest BCUT2D eigenvalue weighted by Crippen LogP contribution is 2.32. The summed E-state index contributed by atoms with van der Waals surface area (Å²) >= 11 is 3.65. The Morgan fingerprint density at radius 2 is 1.75 bits per heavy atom. The monoisotopic (exact) mass is 333 g/mol. The molecule has 0 bridgehead atoms. The van der Waals surface area contributed by atoms with Crippen LogP contribution in [0.5, 0.6) is 0 Å². The molecule has 2 heteroatoms. The van der Waals surface area contributed by atoms with Crippen LogP contribution in [0.2, 0.25) is 0 Å². The molecule has 2 rings (SSSR count). The van der Waals surface area contributed by atoms with Crippen LogP contribution in [0.3, 0.4) is 0 Å². The molecule has 0 aromatic heterocycles. The van der Waals surface area contributed by atoms with Crippen molar-refractivity contribution in [2.24, 2.45) is 0 Å². The molecule has 0 heterocycles. The van der Waals surface area contributed by atoms with E-state index in [-0.39, 0.29) is 0 Å². The predicted octanol–water partition coefficient (Wildman–Crippen LogP) is 5.83. The van der Waals surface area contributed by atoms with Crippen LogP contribution in [-0.4, -0.2) is 7.05 Å². The van der Waals surface area contributed by atoms with Gasteiger partial charge in [0, 0.05) is 10.5 Å². The summed E-state index contributed by atoms with van der Waals surface area (Å²) in [6, 6.07) is 13.5. The van der Waals surface area contributed by atoms with E-state index < -0.39 is 0 Å². The number of halogens is 1. The lowest BCUT2D eigenvalue weighted by Crippen LogP contribution is -2.16. The van der Waals surface area contributed by atoms with Crippen molar-refractivity contribution < 1.29 is 0 Å². The van der Waals surface area contributed by atoms with Gasteiger partial charge in [-0.3, -0.25) is 0 Å². The molecule has 2 aromatic carbocycles. The van der Waals surface area contributed by atoms with Crippen LogP contribution in [0.15, 0.2) is 40.9 Å². The van der Waals surface area contributed by atoms with Crippen molar-refractivity contribution in [3.05, 3.63) is 46.4 Å². The summed E-state index contributed by atoms with van der Waals surface area (Å²) in [6.07, 6.45) is 6.48. The summed E-state index contributed by atoms with van der Waals surface area (Å²) in [5.41, 5.74) is 1.42. The number of unbranched alkanes of at least 4 members (excludes halogenated alkanes) is 3. The number of fused-ring (bicyclic) bond motifs is 1. The molecule has 0 aliphatic rings. The highest BCUT2D eigenvalue weighted by atomic mass is 79.9. The molecule has 108 valence electrons. The second-order valence-corrected chi connectivity index (χ2v) is 6.23. The molecule has 2 aromatic rings. The number of hydrogen-bond donors (Lipinski definition) is 1. The van der Waals surface area contributed by atoms with Gasteiger partial charge < -0.3 is 5.32 Å². The first-order valence-electron chi connectivity index (χ1n) is 7.62. The number of benzene rings is 2. The van der Waals surface area contributed by atoms with Crippen LogP contribution in [0.1, 0.15) is 50.6 Å². The third kappa shape index (κ3) is 3.62. The van der Waals surface area contributed by atoms with Gasteiger partial charge in [-0.25, -0.2) is 0 Å². The van der Waals surface area contributed by atoms with Crippen LogP contribution in [-0.2, 0) is 0 Å². The average Bonchev–Trinajstić information content (AvgIpc) is 2.49. The molecule has 1 unspecified atom stereocenters. The lowest BCUT2D eigenvalue weighted by Gasteiger charge is -2.19. The minimum absolute atomic E-state index is 0.449. The van der Waals surface area contributed by atoms with Crippen LogP contribution < -0.4 is 5.32 Å². The van der Waals surface area contributed by atoms with Crippen molar-refractivity contribution >= 4 is 26.7 Å². The van der Waals surface area contributed by atoms with E-state index in [4.69, 9.17) is 0 Å². The van der Waals surface area contributed by atoms with Gasteiger partial charge in [0.05, 0.1) is 0 Å². The van der Waals surface area contributed by atoms with Gasteiger partial charge in [-0.2, -0.15) is 0 Å². The SMILES string of the molecule is CCCCCCC(NC)c1ccc(Br)c2ccccc12. The summed E-state index contributed by atoms with van der Waals surface area (Å²) in [7, 11) is 2.07. The minimum atomic E-state index is 0.449. The zero-order chi connectivity index (χ0) is 14.4. The minimum Gasteiger partial charge on any atom is -0.313 e. The van der Waals surface area contributed by atoms with E-state index in [2.05, 4.69) is 71.6 Å². The summed E-state index contributed by atoms with van der Waals surface area (Å²) < 4.78 is 1.18. The Kier molecular flexibility index (Phi) is 6.06. The summed E-state index contributed by atoms with van der Waals surface area (Å²) in [5, 5.41) is 6.15. The Bertz CT molecular complexity index is 550. The Morgan fingerprint density at radius 1 is 1.00 bits per heavy atom. The van der Waals surface area contributed by atoms with Gasteiger partial charge in [0.2, 0.25) is 0 Å². The third-order valence-electron chi connectivity index (χ3n) is 3.97. The van der Waals surface area contributed by atoms with Gasteiger partial charge in [-0.05, 0) is 35.9 Å². The average molecular weight is 334 g/mol. The van der Waals surface area contributed by atoms with Crippen molar-refractivity contribution in [3.8, 4) is 0 Å². The first-order chi connectivity index (χ1) is 9.77. The van der Waals surface area contributed by atoms with E-state index in [1.165, 1.54) is 52.9 Å². The third-order valence-corrected chi connectivity index (χ3v) is 4.67. The molecular weight excluding hydrogens is 310 g/mol. The molecule has 1 N–H and O–H groups in total. The van der Waals surface area contributed by atoms with E-state index >= 15 is 0 Å². The first kappa shape index (κ1) is 15.5. The zero-order valence-electron chi connectivity index (χ0n) is 12.5. The molecule has 0 spiro atoms. The number of rotatable bonds is 7. The first-order valence-corrected chi connectivity index (χ1v) is 8.41. The Balaban J connectivity index is 2.23. The zero-order valence-corrected chi connectivity index (χ0v) is 14.0. The Labute approximate surface area is 130 Å². The van der Waals surface area contributed by atoms with Gasteiger partial charge in [0.25, 0.3) is 0 Å². The second kappa shape index (κ2) is 7.80. The van der Waals surface area contributed by atoms with E-state index in [0.29, 0.717) is 6.04 Å². The van der Waals surface area contributed by atoms with Gasteiger partial charge in [0.15, 0.2) is 0 Å². The molecule has 0 radical (unpaired) electrons. The van der Waals surface area contributed by atoms with Crippen molar-refractivity contribution in [1.29, 1.82) is 0 Å². The quantitative estimate of drug-likeness (QED) is 0.628. The fraction of sp³-hybridized carbons (Fsp3) is 0.444. The molecular formula is C18H24BrN. The van der Waals surface area contributed by atoms with Gasteiger partial charge in [-0.1, -0.05) is 78.9 Å². The Hall–Kier alpha value is -0.860. The maximum atomic E-state index is 3.65. The lowest BCUT2D eigenvalue weighted by molar-refractivity contribution is 0.508. The largest absolute Gasteiger partial charge is 0.313 e. The summed E-state index contributed by atoms with van der Waals surface area (Å²) in [6.45, 7) is 2.26. The molecule has 1 nitrogen and oxygen atoms in total. The fourth-order valence-corrected chi connectivity index (χ4v) is 3.30. The molecule has 0 aliphatic carbocycles. The van der Waals surface area contributed by atoms with Crippen molar-refractivity contribution in [3.63, 3.8) is 0 Å². The molecule has 1 atom stereocenters. The summed E-state index contributed by atoms with van der Waals surface area (Å²) in [4.78, 5) is 0. The van der Waals surface area contributed by atoms with Crippen LogP contribution in [0, 0.1) is 0 Å². The smallest absolute Gasteiger partial charge is 0.0323 e. The van der Waals surface area contributed by atoms with Crippen molar-refractivity contribution in [2.45, 2.75) is 45.1 Å². The maximum absolute atomic E-state index is 3.65. The second-order valence-electron chi connectivity index (χ2n) is 5.37. The van der Waals surface area contributed by atoms with E-state index in [9.17, 15) is 0 Å². The van der Waals surface area contributed by atoms with Crippen LogP contribution >= 0.6 is 15.9 Å². The normalized spacial score (nSPS) is 12.8. The molecule has 0 amide bonds. The van der Waals surface area contributed by atoms with Gasteiger partial charge >= 0.3 is 0 Å². The number of nitrogens with one attached hydrogen (secondary N) is 1. The van der Waals surface area contributed by atoms with Crippen LogP contribution in [0.4, 0.5) is 0 Å². The molecule has 0 fully saturated rings. The predicted molar refractivity (Wildman–Crippen MR) is 92.2 cm³/mol. The van der Waals surface area contributed by atoms with Crippen LogP contribution in [0.25, 0.3) is 10.8 Å². The maximum Gasteiger partial charge on any atom is 0.0323 e. The molecule has 20 heavy (non-hydrogen) atoms. The highest BCUT2D eigenvalue weighted by Gasteiger charge is 2.13. The lowest BCUT2D eigenvalue weighted by atomic mass is 9.95. The van der Waals surface area contributed by atoms with E-state index in [0.717, 1.165) is 0 Å². The van der Waals surface area contributed by atoms with E-state index in [1.807, 2.05) is 0 Å². The van der Waals surface area contributed by atoms with Crippen molar-refractivity contribution in [2.75, 3.05) is 7.05 Å². The summed E-state index contributed by atoms with van der Waals surface area (Å²) in [5.74, 6) is 0. The topological polar surface area (TPSA) is 12.0 Å². The van der Waals surface area contributed by atoms with E-state index in [1.54, 1.807) is 0 Å². The van der Waals surface area contributed by atoms with Gasteiger partial charge in [-0.15, -0.1) is 0 Å². The molecule has 0 aliphatic heterocycles. The standard InChI is InChI=1S/C18H24BrN/c1-3-4-5-6-11-18(20-2)16-12-13-17(19)15-10-8-7-9-14(15)16/h7-10,12-13,18,20H,3-6,11H2,1-2H3. The molecule has 0 saturated heterocycles. The van der Waals surface area contributed by atoms with Gasteiger partial charge in [0.1, 0.15) is 0 Å². The molecule has 0 saturated carbocycles. The van der Waals surface area contributed by atoms with Crippen molar-refractivity contribution in [1.82, 2.24) is 5.32 Å². The number of hydrogen-bond acceptors (Lipinski definition) is 1. The highest BCUT2D eigenvalue weighted by molar-refractivity contribution is 9.10.